The third kappa shape index (κ3) is 5.22. The van der Waals surface area contributed by atoms with Crippen LogP contribution in [-0.2, 0) is 27.3 Å². The highest BCUT2D eigenvalue weighted by molar-refractivity contribution is 5.84. The molecule has 31 heavy (non-hydrogen) atoms. The highest BCUT2D eigenvalue weighted by atomic mass is 16.7. The number of benzene rings is 3. The van der Waals surface area contributed by atoms with Crippen molar-refractivity contribution in [2.45, 2.75) is 26.0 Å². The molecule has 6 nitrogen and oxygen atoms in total. The van der Waals surface area contributed by atoms with Gasteiger partial charge in [0.05, 0.1) is 6.42 Å². The zero-order valence-corrected chi connectivity index (χ0v) is 17.2. The summed E-state index contributed by atoms with van der Waals surface area (Å²) in [5.41, 5.74) is 3.89. The SMILES string of the molecule is C[C@@H](OC(=O)Cc1ccc(-c2ccccc2)cc1)C(=O)NCc1ccc2c(c1)OCO2. The summed E-state index contributed by atoms with van der Waals surface area (Å²) >= 11 is 0. The van der Waals surface area contributed by atoms with Crippen LogP contribution in [0, 0.1) is 0 Å². The summed E-state index contributed by atoms with van der Waals surface area (Å²) in [4.78, 5) is 24.5. The molecule has 0 aliphatic carbocycles. The zero-order valence-electron chi connectivity index (χ0n) is 17.2. The van der Waals surface area contributed by atoms with Gasteiger partial charge in [0.25, 0.3) is 5.91 Å². The summed E-state index contributed by atoms with van der Waals surface area (Å²) in [7, 11) is 0. The monoisotopic (exact) mass is 417 g/mol. The molecule has 0 radical (unpaired) electrons. The fourth-order valence-corrected chi connectivity index (χ4v) is 3.29. The average Bonchev–Trinajstić information content (AvgIpc) is 3.26. The molecule has 3 aromatic carbocycles. The van der Waals surface area contributed by atoms with Gasteiger partial charge in [-0.1, -0.05) is 60.7 Å². The third-order valence-electron chi connectivity index (χ3n) is 4.99. The van der Waals surface area contributed by atoms with Crippen LogP contribution in [0.5, 0.6) is 11.5 Å². The highest BCUT2D eigenvalue weighted by Gasteiger charge is 2.19. The number of fused-ring (bicyclic) bond motifs is 1. The van der Waals surface area contributed by atoms with Gasteiger partial charge in [0.1, 0.15) is 0 Å². The molecule has 1 heterocycles. The number of hydrogen-bond donors (Lipinski definition) is 1. The van der Waals surface area contributed by atoms with Gasteiger partial charge in [0.15, 0.2) is 17.6 Å². The van der Waals surface area contributed by atoms with Crippen LogP contribution in [0.4, 0.5) is 0 Å². The fourth-order valence-electron chi connectivity index (χ4n) is 3.29. The lowest BCUT2D eigenvalue weighted by molar-refractivity contribution is -0.154. The van der Waals surface area contributed by atoms with Gasteiger partial charge in [-0.25, -0.2) is 0 Å². The third-order valence-corrected chi connectivity index (χ3v) is 4.99. The Balaban J connectivity index is 1.25. The van der Waals surface area contributed by atoms with E-state index >= 15 is 0 Å². The van der Waals surface area contributed by atoms with Crippen molar-refractivity contribution in [3.8, 4) is 22.6 Å². The molecule has 0 aromatic heterocycles. The summed E-state index contributed by atoms with van der Waals surface area (Å²) in [6.45, 7) is 2.07. The van der Waals surface area contributed by atoms with E-state index in [-0.39, 0.29) is 19.1 Å². The van der Waals surface area contributed by atoms with Gasteiger partial charge >= 0.3 is 5.97 Å². The second-order valence-electron chi connectivity index (χ2n) is 7.28. The number of nitrogens with one attached hydrogen (secondary N) is 1. The van der Waals surface area contributed by atoms with Gasteiger partial charge in [-0.3, -0.25) is 9.59 Å². The molecule has 0 bridgehead atoms. The molecule has 3 aromatic rings. The zero-order chi connectivity index (χ0) is 21.6. The molecule has 1 aliphatic heterocycles. The quantitative estimate of drug-likeness (QED) is 0.591. The maximum absolute atomic E-state index is 12.3. The average molecular weight is 417 g/mol. The van der Waals surface area contributed by atoms with Crippen molar-refractivity contribution < 1.29 is 23.8 Å². The molecule has 0 unspecified atom stereocenters. The van der Waals surface area contributed by atoms with Gasteiger partial charge in [0, 0.05) is 6.54 Å². The Kier molecular flexibility index (Phi) is 6.17. The summed E-state index contributed by atoms with van der Waals surface area (Å²) < 4.78 is 15.9. The first-order valence-corrected chi connectivity index (χ1v) is 10.1. The van der Waals surface area contributed by atoms with Crippen LogP contribution in [0.25, 0.3) is 11.1 Å². The Morgan fingerprint density at radius 3 is 2.35 bits per heavy atom. The highest BCUT2D eigenvalue weighted by Crippen LogP contribution is 2.32. The molecule has 6 heteroatoms. The van der Waals surface area contributed by atoms with Crippen molar-refractivity contribution in [3.05, 3.63) is 83.9 Å². The minimum Gasteiger partial charge on any atom is -0.454 e. The van der Waals surface area contributed by atoms with Crippen molar-refractivity contribution in [2.75, 3.05) is 6.79 Å². The van der Waals surface area contributed by atoms with Crippen LogP contribution >= 0.6 is 0 Å². The first kappa shape index (κ1) is 20.5. The first-order chi connectivity index (χ1) is 15.1. The molecular weight excluding hydrogens is 394 g/mol. The summed E-state index contributed by atoms with van der Waals surface area (Å²) in [6.07, 6.45) is -0.778. The van der Waals surface area contributed by atoms with E-state index in [2.05, 4.69) is 5.32 Å². The Bertz CT molecular complexity index is 1060. The molecule has 158 valence electrons. The molecule has 0 saturated heterocycles. The summed E-state index contributed by atoms with van der Waals surface area (Å²) in [6, 6.07) is 23.2. The molecule has 1 atom stereocenters. The molecule has 1 N–H and O–H groups in total. The maximum atomic E-state index is 12.3. The van der Waals surface area contributed by atoms with Crippen molar-refractivity contribution >= 4 is 11.9 Å². The predicted octanol–water partition coefficient (Wildman–Crippen LogP) is 3.87. The number of hydrogen-bond acceptors (Lipinski definition) is 5. The second kappa shape index (κ2) is 9.34. The lowest BCUT2D eigenvalue weighted by Crippen LogP contribution is -2.35. The van der Waals surface area contributed by atoms with Crippen molar-refractivity contribution in [3.63, 3.8) is 0 Å². The van der Waals surface area contributed by atoms with Gasteiger partial charge < -0.3 is 19.5 Å². The lowest BCUT2D eigenvalue weighted by atomic mass is 10.0. The normalized spacial score (nSPS) is 12.8. The van der Waals surface area contributed by atoms with Crippen LogP contribution in [-0.4, -0.2) is 24.8 Å². The lowest BCUT2D eigenvalue weighted by Gasteiger charge is -2.14. The summed E-state index contributed by atoms with van der Waals surface area (Å²) in [5, 5.41) is 2.77. The Morgan fingerprint density at radius 1 is 0.903 bits per heavy atom. The topological polar surface area (TPSA) is 73.9 Å². The van der Waals surface area contributed by atoms with Crippen LogP contribution < -0.4 is 14.8 Å². The van der Waals surface area contributed by atoms with Gasteiger partial charge in [-0.2, -0.15) is 0 Å². The molecule has 0 saturated carbocycles. The minimum absolute atomic E-state index is 0.106. The fraction of sp³-hybridized carbons (Fsp3) is 0.200. The van der Waals surface area contributed by atoms with E-state index in [0.29, 0.717) is 18.0 Å². The standard InChI is InChI=1S/C25H23NO5/c1-17(25(28)26-15-19-9-12-22-23(13-19)30-16-29-22)31-24(27)14-18-7-10-21(11-8-18)20-5-3-2-4-6-20/h2-13,17H,14-16H2,1H3,(H,26,28)/t17-/m1/s1. The first-order valence-electron chi connectivity index (χ1n) is 10.1. The van der Waals surface area contributed by atoms with Crippen molar-refractivity contribution in [1.29, 1.82) is 0 Å². The van der Waals surface area contributed by atoms with Gasteiger partial charge in [-0.15, -0.1) is 0 Å². The Hall–Kier alpha value is -3.80. The summed E-state index contributed by atoms with van der Waals surface area (Å²) in [5.74, 6) is 0.544. The Labute approximate surface area is 180 Å². The number of rotatable bonds is 7. The number of amides is 1. The number of esters is 1. The number of carbonyl (C=O) groups is 2. The molecule has 4 rings (SSSR count). The van der Waals surface area contributed by atoms with Gasteiger partial charge in [-0.05, 0) is 41.3 Å². The number of ether oxygens (including phenoxy) is 3. The predicted molar refractivity (Wildman–Crippen MR) is 116 cm³/mol. The molecule has 1 amide bonds. The van der Waals surface area contributed by atoms with Crippen LogP contribution in [0.1, 0.15) is 18.1 Å². The minimum atomic E-state index is -0.884. The van der Waals surface area contributed by atoms with E-state index < -0.39 is 12.1 Å². The van der Waals surface area contributed by atoms with E-state index in [9.17, 15) is 9.59 Å². The van der Waals surface area contributed by atoms with Crippen molar-refractivity contribution in [1.82, 2.24) is 5.32 Å². The van der Waals surface area contributed by atoms with Gasteiger partial charge in [0.2, 0.25) is 6.79 Å². The van der Waals surface area contributed by atoms with E-state index in [1.165, 1.54) is 0 Å². The maximum Gasteiger partial charge on any atom is 0.311 e. The van der Waals surface area contributed by atoms with Crippen LogP contribution in [0.15, 0.2) is 72.8 Å². The number of carbonyl (C=O) groups excluding carboxylic acids is 2. The van der Waals surface area contributed by atoms with Crippen LogP contribution in [0.2, 0.25) is 0 Å². The van der Waals surface area contributed by atoms with E-state index in [1.807, 2.05) is 66.7 Å². The molecule has 0 spiro atoms. The molecular formula is C25H23NO5. The van der Waals surface area contributed by atoms with E-state index in [1.54, 1.807) is 13.0 Å². The van der Waals surface area contributed by atoms with Crippen molar-refractivity contribution in [2.24, 2.45) is 0 Å². The largest absolute Gasteiger partial charge is 0.454 e. The van der Waals surface area contributed by atoms with E-state index in [0.717, 1.165) is 22.3 Å². The van der Waals surface area contributed by atoms with Crippen LogP contribution in [0.3, 0.4) is 0 Å². The Morgan fingerprint density at radius 2 is 1.58 bits per heavy atom. The second-order valence-corrected chi connectivity index (χ2v) is 7.28. The smallest absolute Gasteiger partial charge is 0.311 e. The molecule has 1 aliphatic rings. The molecule has 0 fully saturated rings. The van der Waals surface area contributed by atoms with E-state index in [4.69, 9.17) is 14.2 Å².